The lowest BCUT2D eigenvalue weighted by Gasteiger charge is -2.19. The first-order valence-corrected chi connectivity index (χ1v) is 6.54. The van der Waals surface area contributed by atoms with Crippen molar-refractivity contribution < 1.29 is 0 Å². The van der Waals surface area contributed by atoms with Gasteiger partial charge < -0.3 is 10.6 Å². The van der Waals surface area contributed by atoms with Crippen LogP contribution < -0.4 is 10.6 Å². The highest BCUT2D eigenvalue weighted by molar-refractivity contribution is 5.44. The molecule has 0 amide bonds. The summed E-state index contributed by atoms with van der Waals surface area (Å²) in [6.45, 7) is 4.92. The highest BCUT2D eigenvalue weighted by Gasteiger charge is 2.05. The highest BCUT2D eigenvalue weighted by atomic mass is 15.1. The number of rotatable bonds is 4. The highest BCUT2D eigenvalue weighted by Crippen LogP contribution is 2.16. The second-order valence-electron chi connectivity index (χ2n) is 5.07. The Hall–Kier alpha value is -1.87. The van der Waals surface area contributed by atoms with Gasteiger partial charge in [-0.25, -0.2) is 0 Å². The van der Waals surface area contributed by atoms with Gasteiger partial charge >= 0.3 is 0 Å². The molecule has 0 fully saturated rings. The lowest BCUT2D eigenvalue weighted by atomic mass is 10.1. The fourth-order valence-corrected chi connectivity index (χ4v) is 1.95. The second kappa shape index (κ2) is 5.85. The quantitative estimate of drug-likeness (QED) is 0.913. The Bertz CT molecular complexity index is 515. The number of aryl methyl sites for hydroxylation is 1. The third-order valence-corrected chi connectivity index (χ3v) is 3.22. The summed E-state index contributed by atoms with van der Waals surface area (Å²) in [4.78, 5) is 6.57. The Kier molecular flexibility index (Phi) is 4.17. The van der Waals surface area contributed by atoms with Crippen molar-refractivity contribution in [1.82, 2.24) is 4.98 Å². The van der Waals surface area contributed by atoms with Crippen LogP contribution in [0.1, 0.15) is 29.8 Å². The molecule has 0 aliphatic heterocycles. The van der Waals surface area contributed by atoms with E-state index in [1.54, 1.807) is 0 Å². The number of nitrogens with zero attached hydrogens (tertiary/aromatic N) is 2. The van der Waals surface area contributed by atoms with Gasteiger partial charge in [0.15, 0.2) is 0 Å². The van der Waals surface area contributed by atoms with E-state index in [0.717, 1.165) is 17.9 Å². The van der Waals surface area contributed by atoms with Crippen molar-refractivity contribution >= 4 is 5.69 Å². The summed E-state index contributed by atoms with van der Waals surface area (Å²) in [6, 6.07) is 12.6. The molecule has 0 aliphatic rings. The Morgan fingerprint density at radius 2 is 1.84 bits per heavy atom. The normalized spacial score (nSPS) is 12.2. The molecular formula is C16H21N3. The fraction of sp³-hybridized carbons (Fsp3) is 0.312. The summed E-state index contributed by atoms with van der Waals surface area (Å²) in [6.07, 6.45) is 1.88. The summed E-state index contributed by atoms with van der Waals surface area (Å²) in [5.74, 6) is 0. The summed E-state index contributed by atoms with van der Waals surface area (Å²) in [5.41, 5.74) is 10.4. The molecule has 0 aliphatic carbocycles. The number of hydrogen-bond acceptors (Lipinski definition) is 3. The van der Waals surface area contributed by atoms with E-state index in [1.807, 2.05) is 19.2 Å². The van der Waals surface area contributed by atoms with Crippen molar-refractivity contribution in [3.8, 4) is 0 Å². The molecule has 1 atom stereocenters. The largest absolute Gasteiger partial charge is 0.369 e. The lowest BCUT2D eigenvalue weighted by Crippen LogP contribution is -2.17. The van der Waals surface area contributed by atoms with Crippen molar-refractivity contribution in [3.05, 3.63) is 59.4 Å². The third-order valence-electron chi connectivity index (χ3n) is 3.22. The number of pyridine rings is 1. The standard InChI is InChI=1S/C16H21N3/c1-12-4-6-14(7-5-12)11-19(3)15-8-9-16(13(2)17)18-10-15/h4-10,13H,11,17H2,1-3H3/t13-/m1/s1. The van der Waals surface area contributed by atoms with Crippen molar-refractivity contribution in [2.75, 3.05) is 11.9 Å². The molecule has 2 N–H and O–H groups in total. The van der Waals surface area contributed by atoms with E-state index in [4.69, 9.17) is 5.73 Å². The van der Waals surface area contributed by atoms with Crippen LogP contribution in [-0.4, -0.2) is 12.0 Å². The zero-order valence-electron chi connectivity index (χ0n) is 11.8. The molecule has 3 heteroatoms. The van der Waals surface area contributed by atoms with Crippen molar-refractivity contribution in [1.29, 1.82) is 0 Å². The zero-order valence-corrected chi connectivity index (χ0v) is 11.8. The Morgan fingerprint density at radius 1 is 1.16 bits per heavy atom. The number of benzene rings is 1. The average molecular weight is 255 g/mol. The van der Waals surface area contributed by atoms with E-state index in [-0.39, 0.29) is 6.04 Å². The van der Waals surface area contributed by atoms with E-state index >= 15 is 0 Å². The first-order chi connectivity index (χ1) is 9.06. The topological polar surface area (TPSA) is 42.1 Å². The minimum Gasteiger partial charge on any atom is -0.369 e. The third kappa shape index (κ3) is 3.55. The number of anilines is 1. The predicted molar refractivity (Wildman–Crippen MR) is 80.1 cm³/mol. The SMILES string of the molecule is Cc1ccc(CN(C)c2ccc([C@@H](C)N)nc2)cc1. The molecule has 1 aromatic heterocycles. The molecule has 2 aromatic rings. The maximum atomic E-state index is 5.80. The number of nitrogens with two attached hydrogens (primary N) is 1. The van der Waals surface area contributed by atoms with Crippen LogP contribution in [-0.2, 0) is 6.54 Å². The van der Waals surface area contributed by atoms with E-state index in [0.29, 0.717) is 0 Å². The Morgan fingerprint density at radius 3 is 2.37 bits per heavy atom. The first kappa shape index (κ1) is 13.6. The van der Waals surface area contributed by atoms with E-state index in [1.165, 1.54) is 11.1 Å². The molecule has 0 saturated carbocycles. The zero-order chi connectivity index (χ0) is 13.8. The maximum Gasteiger partial charge on any atom is 0.0569 e. The minimum absolute atomic E-state index is 0.0172. The minimum atomic E-state index is -0.0172. The number of aromatic nitrogens is 1. The van der Waals surface area contributed by atoms with Gasteiger partial charge in [-0.15, -0.1) is 0 Å². The fourth-order valence-electron chi connectivity index (χ4n) is 1.95. The van der Waals surface area contributed by atoms with Gasteiger partial charge in [-0.1, -0.05) is 29.8 Å². The van der Waals surface area contributed by atoms with E-state index in [2.05, 4.69) is 54.2 Å². The maximum absolute atomic E-state index is 5.80. The molecule has 0 unspecified atom stereocenters. The van der Waals surface area contributed by atoms with Crippen LogP contribution in [0, 0.1) is 6.92 Å². The molecule has 3 nitrogen and oxygen atoms in total. The van der Waals surface area contributed by atoms with Gasteiger partial charge in [0.1, 0.15) is 0 Å². The molecule has 1 aromatic carbocycles. The van der Waals surface area contributed by atoms with Crippen LogP contribution >= 0.6 is 0 Å². The van der Waals surface area contributed by atoms with Crippen molar-refractivity contribution in [2.45, 2.75) is 26.4 Å². The van der Waals surface area contributed by atoms with Gasteiger partial charge in [0.25, 0.3) is 0 Å². The van der Waals surface area contributed by atoms with Gasteiger partial charge in [-0.3, -0.25) is 4.98 Å². The van der Waals surface area contributed by atoms with Crippen LogP contribution in [0.3, 0.4) is 0 Å². The monoisotopic (exact) mass is 255 g/mol. The van der Waals surface area contributed by atoms with Crippen LogP contribution in [0.2, 0.25) is 0 Å². The molecule has 1 heterocycles. The molecule has 2 rings (SSSR count). The molecule has 0 bridgehead atoms. The summed E-state index contributed by atoms with van der Waals surface area (Å²) < 4.78 is 0. The Labute approximate surface area is 115 Å². The van der Waals surface area contributed by atoms with Gasteiger partial charge in [-0.2, -0.15) is 0 Å². The molecule has 19 heavy (non-hydrogen) atoms. The summed E-state index contributed by atoms with van der Waals surface area (Å²) in [5, 5.41) is 0. The molecule has 0 spiro atoms. The van der Waals surface area contributed by atoms with Crippen molar-refractivity contribution in [2.24, 2.45) is 5.73 Å². The van der Waals surface area contributed by atoms with Gasteiger partial charge in [-0.05, 0) is 31.5 Å². The summed E-state index contributed by atoms with van der Waals surface area (Å²) >= 11 is 0. The smallest absolute Gasteiger partial charge is 0.0569 e. The Balaban J connectivity index is 2.07. The van der Waals surface area contributed by atoms with Gasteiger partial charge in [0.2, 0.25) is 0 Å². The summed E-state index contributed by atoms with van der Waals surface area (Å²) in [7, 11) is 2.07. The van der Waals surface area contributed by atoms with Crippen LogP contribution in [0.15, 0.2) is 42.6 Å². The number of hydrogen-bond donors (Lipinski definition) is 1. The molecule has 0 radical (unpaired) electrons. The lowest BCUT2D eigenvalue weighted by molar-refractivity contribution is 0.779. The molecule has 0 saturated heterocycles. The average Bonchev–Trinajstić information content (AvgIpc) is 2.41. The van der Waals surface area contributed by atoms with Crippen LogP contribution in [0.25, 0.3) is 0 Å². The van der Waals surface area contributed by atoms with Crippen LogP contribution in [0.4, 0.5) is 5.69 Å². The van der Waals surface area contributed by atoms with E-state index < -0.39 is 0 Å². The van der Waals surface area contributed by atoms with Gasteiger partial charge in [0.05, 0.1) is 17.6 Å². The molecule has 100 valence electrons. The van der Waals surface area contributed by atoms with E-state index in [9.17, 15) is 0 Å². The van der Waals surface area contributed by atoms with Gasteiger partial charge in [0, 0.05) is 19.6 Å². The second-order valence-corrected chi connectivity index (χ2v) is 5.07. The van der Waals surface area contributed by atoms with Crippen molar-refractivity contribution in [3.63, 3.8) is 0 Å². The first-order valence-electron chi connectivity index (χ1n) is 6.54. The predicted octanol–water partition coefficient (Wildman–Crippen LogP) is 3.05. The van der Waals surface area contributed by atoms with Crippen LogP contribution in [0.5, 0.6) is 0 Å². The molecular weight excluding hydrogens is 234 g/mol.